The molecule has 3 aliphatic rings. The van der Waals surface area contributed by atoms with Crippen LogP contribution < -0.4 is 26.2 Å². The molecule has 0 N–H and O–H groups in total. The molecular weight excluding hydrogens is 940 g/mol. The van der Waals surface area contributed by atoms with Gasteiger partial charge in [-0.05, 0) is 161 Å². The second kappa shape index (κ2) is 18.7. The molecule has 2 heterocycles. The van der Waals surface area contributed by atoms with E-state index in [1.165, 1.54) is 112 Å². The molecule has 0 atom stereocenters. The Hall–Kier alpha value is -7.36. The first-order chi connectivity index (χ1) is 37.1. The monoisotopic (exact) mass is 1020 g/mol. The van der Waals surface area contributed by atoms with Crippen LogP contribution in [0.1, 0.15) is 153 Å². The fourth-order valence-electron chi connectivity index (χ4n) is 13.5. The number of rotatable bonds is 9. The number of nitrogens with zero attached hydrogens (tertiary/aromatic N) is 2. The van der Waals surface area contributed by atoms with E-state index in [0.717, 1.165) is 18.5 Å². The second-order valence-corrected chi connectivity index (χ2v) is 26.7. The van der Waals surface area contributed by atoms with E-state index in [0.29, 0.717) is 0 Å². The topological polar surface area (TPSA) is 6.48 Å². The lowest BCUT2D eigenvalue weighted by molar-refractivity contribution is 0.332. The van der Waals surface area contributed by atoms with Crippen LogP contribution in [0.25, 0.3) is 22.3 Å². The summed E-state index contributed by atoms with van der Waals surface area (Å²) in [5.41, 5.74) is 26.7. The molecule has 78 heavy (non-hydrogen) atoms. The number of benzene rings is 9. The maximum atomic E-state index is 2.74. The number of hydrogen-bond acceptors (Lipinski definition) is 2. The van der Waals surface area contributed by atoms with Crippen LogP contribution >= 0.6 is 0 Å². The Balaban J connectivity index is 1.22. The molecule has 0 radical (unpaired) electrons. The lowest BCUT2D eigenvalue weighted by Crippen LogP contribution is -2.62. The smallest absolute Gasteiger partial charge is 0.252 e. The van der Waals surface area contributed by atoms with Crippen molar-refractivity contribution in [2.24, 2.45) is 0 Å². The van der Waals surface area contributed by atoms with Crippen molar-refractivity contribution in [3.8, 4) is 22.3 Å². The van der Waals surface area contributed by atoms with Gasteiger partial charge in [0, 0.05) is 44.8 Å². The van der Waals surface area contributed by atoms with Crippen molar-refractivity contribution in [1.82, 2.24) is 0 Å². The summed E-state index contributed by atoms with van der Waals surface area (Å²) in [6, 6.07) is 77.0. The molecule has 3 heteroatoms. The first-order valence-corrected chi connectivity index (χ1v) is 28.8. The zero-order valence-corrected chi connectivity index (χ0v) is 48.5. The molecule has 9 aromatic carbocycles. The summed E-state index contributed by atoms with van der Waals surface area (Å²) in [6.45, 7) is 31.3. The zero-order valence-electron chi connectivity index (χ0n) is 48.5. The van der Waals surface area contributed by atoms with Crippen molar-refractivity contribution in [2.45, 2.75) is 136 Å². The van der Waals surface area contributed by atoms with Gasteiger partial charge in [0.05, 0.1) is 5.69 Å². The van der Waals surface area contributed by atoms with Gasteiger partial charge in [-0.15, -0.1) is 0 Å². The quantitative estimate of drug-likeness (QED) is 0.133. The van der Waals surface area contributed by atoms with Gasteiger partial charge in [0.25, 0.3) is 6.71 Å². The molecule has 12 rings (SSSR count). The SMILES string of the molecule is CC(C)c1cc2c3c(c1)N(c1cc(-c4ccccc4)c(C(C)(C)C)cc1-c1ccccc1)c1cc4c(cc1B3c1cc(C(C)(C)c3ccccc3)ccc1N2c1ccc(C(C)(C)c2ccccc2)cc1)C(C)(C)CCC4(C)C. The van der Waals surface area contributed by atoms with Crippen molar-refractivity contribution < 1.29 is 0 Å². The Labute approximate surface area is 467 Å². The molecule has 0 bridgehead atoms. The van der Waals surface area contributed by atoms with Gasteiger partial charge < -0.3 is 9.80 Å². The Morgan fingerprint density at radius 2 is 0.872 bits per heavy atom. The summed E-state index contributed by atoms with van der Waals surface area (Å²) in [5, 5.41) is 0. The zero-order chi connectivity index (χ0) is 54.7. The molecule has 9 aromatic rings. The van der Waals surface area contributed by atoms with Gasteiger partial charge in [0.1, 0.15) is 0 Å². The third kappa shape index (κ3) is 8.46. The maximum Gasteiger partial charge on any atom is 0.252 e. The van der Waals surface area contributed by atoms with Crippen LogP contribution in [0.2, 0.25) is 0 Å². The van der Waals surface area contributed by atoms with E-state index >= 15 is 0 Å². The lowest BCUT2D eigenvalue weighted by atomic mass is 9.32. The predicted octanol–water partition coefficient (Wildman–Crippen LogP) is 18.5. The average Bonchev–Trinajstić information content (AvgIpc) is 3.48. The van der Waals surface area contributed by atoms with E-state index in [9.17, 15) is 0 Å². The van der Waals surface area contributed by atoms with Crippen LogP contribution in [0.5, 0.6) is 0 Å². The van der Waals surface area contributed by atoms with Crippen molar-refractivity contribution in [1.29, 1.82) is 0 Å². The maximum absolute atomic E-state index is 2.74. The van der Waals surface area contributed by atoms with Gasteiger partial charge >= 0.3 is 0 Å². The molecule has 0 saturated heterocycles. The van der Waals surface area contributed by atoms with Crippen LogP contribution in [-0.2, 0) is 27.1 Å². The van der Waals surface area contributed by atoms with Crippen molar-refractivity contribution in [3.05, 3.63) is 245 Å². The highest BCUT2D eigenvalue weighted by Gasteiger charge is 2.48. The Morgan fingerprint density at radius 1 is 0.410 bits per heavy atom. The summed E-state index contributed by atoms with van der Waals surface area (Å²) in [4.78, 5) is 5.36. The molecule has 0 spiro atoms. The first-order valence-electron chi connectivity index (χ1n) is 28.8. The largest absolute Gasteiger partial charge is 0.311 e. The standard InChI is InChI=1S/C75H77BN2/c1-49(2)52-42-68-70-69(43-52)78(66-46-58(50-26-18-14-19-27-50)60(71(3,4)5)45-59(66)51-28-20-15-21-29-51)67-48-62-61(72(6,7)40-41-73(62,8)9)47-64(67)76(70)63-44-56(75(12,13)54-32-24-17-25-33-54)36-39-65(63)77(68)57-37-34-55(35-38-57)74(10,11)53-30-22-16-23-31-53/h14-39,42-49H,40-41H2,1-13H3. The minimum absolute atomic E-state index is 0.00465. The highest BCUT2D eigenvalue weighted by atomic mass is 15.2. The molecule has 2 nitrogen and oxygen atoms in total. The molecule has 0 amide bonds. The van der Waals surface area contributed by atoms with Crippen molar-refractivity contribution in [2.75, 3.05) is 9.80 Å². The molecule has 0 fully saturated rings. The number of anilines is 6. The molecule has 0 unspecified atom stereocenters. The molecule has 0 saturated carbocycles. The fourth-order valence-corrected chi connectivity index (χ4v) is 13.5. The summed E-state index contributed by atoms with van der Waals surface area (Å²) >= 11 is 0. The summed E-state index contributed by atoms with van der Waals surface area (Å²) in [6.07, 6.45) is 2.28. The van der Waals surface area contributed by atoms with Gasteiger partial charge in [0.15, 0.2) is 0 Å². The molecule has 1 aliphatic carbocycles. The average molecular weight is 1020 g/mol. The van der Waals surface area contributed by atoms with Crippen LogP contribution in [-0.4, -0.2) is 6.71 Å². The summed E-state index contributed by atoms with van der Waals surface area (Å²) in [7, 11) is 0. The Morgan fingerprint density at radius 3 is 1.41 bits per heavy atom. The molecule has 390 valence electrons. The van der Waals surface area contributed by atoms with Crippen molar-refractivity contribution >= 4 is 57.2 Å². The van der Waals surface area contributed by atoms with Crippen LogP contribution in [0.4, 0.5) is 34.1 Å². The molecule has 0 aromatic heterocycles. The van der Waals surface area contributed by atoms with Gasteiger partial charge in [-0.1, -0.05) is 242 Å². The Kier molecular flexibility index (Phi) is 12.3. The Bertz CT molecular complexity index is 3730. The predicted molar refractivity (Wildman–Crippen MR) is 337 cm³/mol. The van der Waals surface area contributed by atoms with Crippen molar-refractivity contribution in [3.63, 3.8) is 0 Å². The van der Waals surface area contributed by atoms with Gasteiger partial charge in [-0.2, -0.15) is 0 Å². The van der Waals surface area contributed by atoms with Crippen LogP contribution in [0, 0.1) is 0 Å². The van der Waals surface area contributed by atoms with E-state index in [1.807, 2.05) is 0 Å². The number of fused-ring (bicyclic) bond motifs is 5. The van der Waals surface area contributed by atoms with Gasteiger partial charge in [-0.3, -0.25) is 0 Å². The summed E-state index contributed by atoms with van der Waals surface area (Å²) in [5.74, 6) is 0.264. The second-order valence-electron chi connectivity index (χ2n) is 26.7. The van der Waals surface area contributed by atoms with Gasteiger partial charge in [0.2, 0.25) is 0 Å². The minimum Gasteiger partial charge on any atom is -0.311 e. The third-order valence-electron chi connectivity index (χ3n) is 18.6. The van der Waals surface area contributed by atoms with E-state index in [1.54, 1.807) is 0 Å². The first kappa shape index (κ1) is 51.4. The minimum atomic E-state index is -0.255. The lowest BCUT2D eigenvalue weighted by Gasteiger charge is -2.48. The van der Waals surface area contributed by atoms with E-state index in [-0.39, 0.29) is 39.7 Å². The summed E-state index contributed by atoms with van der Waals surface area (Å²) < 4.78 is 0. The molecular formula is C75H77BN2. The number of hydrogen-bond donors (Lipinski definition) is 0. The van der Waals surface area contributed by atoms with E-state index < -0.39 is 0 Å². The van der Waals surface area contributed by atoms with E-state index in [4.69, 9.17) is 0 Å². The van der Waals surface area contributed by atoms with E-state index in [2.05, 4.69) is 300 Å². The third-order valence-corrected chi connectivity index (χ3v) is 18.6. The normalized spacial score (nSPS) is 15.4. The highest BCUT2D eigenvalue weighted by molar-refractivity contribution is 7.00. The van der Waals surface area contributed by atoms with Crippen LogP contribution in [0.15, 0.2) is 200 Å². The van der Waals surface area contributed by atoms with Gasteiger partial charge in [-0.25, -0.2) is 0 Å². The molecule has 2 aliphatic heterocycles. The highest BCUT2D eigenvalue weighted by Crippen LogP contribution is 2.54. The fraction of sp³-hybridized carbons (Fsp3) is 0.280. The van der Waals surface area contributed by atoms with Crippen LogP contribution in [0.3, 0.4) is 0 Å².